The van der Waals surface area contributed by atoms with Gasteiger partial charge in [-0.1, -0.05) is 22.0 Å². The van der Waals surface area contributed by atoms with Crippen molar-refractivity contribution in [2.24, 2.45) is 5.73 Å². The molecule has 0 bridgehead atoms. The molecule has 2 heterocycles. The monoisotopic (exact) mass is 543 g/mol. The number of nitrogens with zero attached hydrogens (tertiary/aromatic N) is 2. The van der Waals surface area contributed by atoms with E-state index in [0.717, 1.165) is 23.7 Å². The first-order chi connectivity index (χ1) is 15.8. The Balaban J connectivity index is 1.52. The number of carbonyl (C=O) groups is 3. The van der Waals surface area contributed by atoms with Gasteiger partial charge in [0.15, 0.2) is 0 Å². The highest BCUT2D eigenvalue weighted by atomic mass is 79.9. The molecule has 33 heavy (non-hydrogen) atoms. The van der Waals surface area contributed by atoms with E-state index in [9.17, 15) is 23.2 Å². The molecule has 1 aromatic carbocycles. The fourth-order valence-corrected chi connectivity index (χ4v) is 4.12. The number of ether oxygens (including phenoxy) is 1. The summed E-state index contributed by atoms with van der Waals surface area (Å²) < 4.78 is 37.4. The highest BCUT2D eigenvalue weighted by Gasteiger charge is 2.23. The Morgan fingerprint density at radius 3 is 2.64 bits per heavy atom. The molecule has 4 amide bonds. The molecule has 9 nitrogen and oxygen atoms in total. The first-order valence-electron chi connectivity index (χ1n) is 9.82. The van der Waals surface area contributed by atoms with Crippen molar-refractivity contribution in [1.82, 2.24) is 14.6 Å². The molecule has 2 aromatic rings. The summed E-state index contributed by atoms with van der Waals surface area (Å²) in [5, 5.41) is 5.15. The lowest BCUT2D eigenvalue weighted by atomic mass is 10.2. The Bertz CT molecular complexity index is 1070. The lowest BCUT2D eigenvalue weighted by Gasteiger charge is -2.15. The quantitative estimate of drug-likeness (QED) is 0.396. The van der Waals surface area contributed by atoms with Gasteiger partial charge < -0.3 is 20.7 Å². The van der Waals surface area contributed by atoms with Crippen LogP contribution >= 0.6 is 27.5 Å². The number of benzene rings is 1. The summed E-state index contributed by atoms with van der Waals surface area (Å²) in [6, 6.07) is 1.57. The Labute approximate surface area is 200 Å². The van der Waals surface area contributed by atoms with Crippen LogP contribution in [-0.2, 0) is 11.4 Å². The van der Waals surface area contributed by atoms with E-state index in [0.29, 0.717) is 32.5 Å². The average Bonchev–Trinajstić information content (AvgIpc) is 3.32. The number of unbranched alkanes of at least 4 members (excludes halogenated alkanes) is 1. The number of primary amides is 1. The van der Waals surface area contributed by atoms with Crippen LogP contribution in [0.5, 0.6) is 5.88 Å². The van der Waals surface area contributed by atoms with Crippen molar-refractivity contribution in [2.45, 2.75) is 19.4 Å². The van der Waals surface area contributed by atoms with Gasteiger partial charge in [-0.25, -0.2) is 13.6 Å². The number of nitrogens with one attached hydrogen (secondary N) is 2. The molecular formula is C20H20BrF2N5O4S. The third-order valence-electron chi connectivity index (χ3n) is 4.63. The van der Waals surface area contributed by atoms with Crippen molar-refractivity contribution in [1.29, 1.82) is 0 Å². The zero-order valence-electron chi connectivity index (χ0n) is 17.2. The molecule has 176 valence electrons. The van der Waals surface area contributed by atoms with Crippen molar-refractivity contribution in [3.05, 3.63) is 51.5 Å². The van der Waals surface area contributed by atoms with Crippen molar-refractivity contribution < 1.29 is 27.9 Å². The molecule has 0 saturated heterocycles. The van der Waals surface area contributed by atoms with Crippen LogP contribution in [0.15, 0.2) is 28.8 Å². The molecule has 1 aliphatic rings. The van der Waals surface area contributed by atoms with Crippen molar-refractivity contribution in [3.8, 4) is 5.88 Å². The van der Waals surface area contributed by atoms with Crippen LogP contribution < -0.4 is 21.1 Å². The molecule has 0 radical (unpaired) electrons. The van der Waals surface area contributed by atoms with Gasteiger partial charge in [0.2, 0.25) is 11.8 Å². The number of nitrogens with two attached hydrogens (primary N) is 1. The minimum Gasteiger partial charge on any atom is -0.471 e. The summed E-state index contributed by atoms with van der Waals surface area (Å²) in [6.45, 7) is 1.00. The smallest absolute Gasteiger partial charge is 0.319 e. The van der Waals surface area contributed by atoms with Gasteiger partial charge in [0, 0.05) is 30.2 Å². The second kappa shape index (κ2) is 11.2. The number of urea groups is 1. The molecule has 0 unspecified atom stereocenters. The molecule has 0 aliphatic carbocycles. The molecule has 0 atom stereocenters. The fourth-order valence-electron chi connectivity index (χ4n) is 2.98. The second-order valence-corrected chi connectivity index (χ2v) is 8.66. The van der Waals surface area contributed by atoms with Crippen LogP contribution in [0.1, 0.15) is 28.8 Å². The topological polar surface area (TPSA) is 127 Å². The summed E-state index contributed by atoms with van der Waals surface area (Å²) in [7, 11) is 0. The number of halogens is 3. The predicted molar refractivity (Wildman–Crippen MR) is 121 cm³/mol. The van der Waals surface area contributed by atoms with Gasteiger partial charge in [-0.3, -0.25) is 14.9 Å². The molecule has 0 spiro atoms. The number of aromatic nitrogens is 1. The lowest BCUT2D eigenvalue weighted by molar-refractivity contribution is -0.124. The number of amides is 4. The molecule has 3 rings (SSSR count). The maximum absolute atomic E-state index is 14.0. The van der Waals surface area contributed by atoms with Gasteiger partial charge in [-0.15, -0.1) is 0 Å². The van der Waals surface area contributed by atoms with E-state index < -0.39 is 30.2 Å². The standard InChI is InChI=1S/C20H20BrF2N5O4S/c21-11-8-13(22)12(14(23)9-11)10-32-18-16(17(24)30)19(33-27-18)26-20(31)25-5-1-2-6-28-7-3-4-15(28)29/h3-4,8-9H,1-2,5-7,10H2,(H2,24,30)(H2,25,26,31). The molecular weight excluding hydrogens is 524 g/mol. The molecule has 13 heteroatoms. The zero-order valence-corrected chi connectivity index (χ0v) is 19.6. The van der Waals surface area contributed by atoms with Crippen LogP contribution in [0.3, 0.4) is 0 Å². The summed E-state index contributed by atoms with van der Waals surface area (Å²) in [6.07, 6.45) is 4.67. The molecule has 1 aliphatic heterocycles. The van der Waals surface area contributed by atoms with E-state index in [1.807, 2.05) is 0 Å². The fraction of sp³-hybridized carbons (Fsp3) is 0.300. The number of carbonyl (C=O) groups excluding carboxylic acids is 3. The van der Waals surface area contributed by atoms with Crippen molar-refractivity contribution in [2.75, 3.05) is 25.0 Å². The van der Waals surface area contributed by atoms with Gasteiger partial charge in [-0.05, 0) is 36.5 Å². The van der Waals surface area contributed by atoms with Crippen LogP contribution in [-0.4, -0.2) is 46.8 Å². The number of rotatable bonds is 10. The van der Waals surface area contributed by atoms with E-state index in [-0.39, 0.29) is 32.4 Å². The van der Waals surface area contributed by atoms with Crippen LogP contribution in [0, 0.1) is 11.6 Å². The van der Waals surface area contributed by atoms with E-state index in [1.54, 1.807) is 11.0 Å². The number of hydrogen-bond acceptors (Lipinski definition) is 6. The highest BCUT2D eigenvalue weighted by Crippen LogP contribution is 2.31. The average molecular weight is 544 g/mol. The summed E-state index contributed by atoms with van der Waals surface area (Å²) in [5.41, 5.74) is 4.83. The van der Waals surface area contributed by atoms with Gasteiger partial charge in [0.05, 0.1) is 5.56 Å². The number of anilines is 1. The maximum Gasteiger partial charge on any atom is 0.319 e. The van der Waals surface area contributed by atoms with Gasteiger partial charge in [-0.2, -0.15) is 4.37 Å². The molecule has 1 aromatic heterocycles. The van der Waals surface area contributed by atoms with E-state index in [1.165, 1.54) is 6.08 Å². The minimum absolute atomic E-state index is 0.0199. The van der Waals surface area contributed by atoms with Gasteiger partial charge in [0.25, 0.3) is 5.91 Å². The second-order valence-electron chi connectivity index (χ2n) is 6.97. The van der Waals surface area contributed by atoms with Gasteiger partial charge in [0.1, 0.15) is 28.8 Å². The van der Waals surface area contributed by atoms with Crippen LogP contribution in [0.2, 0.25) is 0 Å². The first-order valence-corrected chi connectivity index (χ1v) is 11.4. The Morgan fingerprint density at radius 1 is 1.27 bits per heavy atom. The number of hydrogen-bond donors (Lipinski definition) is 3. The summed E-state index contributed by atoms with van der Waals surface area (Å²) in [5.74, 6) is -2.85. The third kappa shape index (κ3) is 6.48. The van der Waals surface area contributed by atoms with E-state index in [2.05, 4.69) is 30.9 Å². The van der Waals surface area contributed by atoms with Crippen LogP contribution in [0.25, 0.3) is 0 Å². The SMILES string of the molecule is NC(=O)c1c(OCc2c(F)cc(Br)cc2F)nsc1NC(=O)NCCCCN1CC=CC1=O. The molecule has 4 N–H and O–H groups in total. The minimum atomic E-state index is -0.922. The lowest BCUT2D eigenvalue weighted by Crippen LogP contribution is -2.31. The third-order valence-corrected chi connectivity index (χ3v) is 5.84. The molecule has 0 fully saturated rings. The Morgan fingerprint density at radius 2 is 2.00 bits per heavy atom. The Hall–Kier alpha value is -3.06. The largest absolute Gasteiger partial charge is 0.471 e. The van der Waals surface area contributed by atoms with Gasteiger partial charge >= 0.3 is 6.03 Å². The Kier molecular flexibility index (Phi) is 8.33. The maximum atomic E-state index is 14.0. The van der Waals surface area contributed by atoms with E-state index >= 15 is 0 Å². The zero-order chi connectivity index (χ0) is 24.0. The van der Waals surface area contributed by atoms with Crippen molar-refractivity contribution >= 4 is 50.3 Å². The van der Waals surface area contributed by atoms with E-state index in [4.69, 9.17) is 10.5 Å². The highest BCUT2D eigenvalue weighted by molar-refractivity contribution is 9.10. The summed E-state index contributed by atoms with van der Waals surface area (Å²) >= 11 is 3.73. The normalized spacial score (nSPS) is 12.8. The van der Waals surface area contributed by atoms with Crippen LogP contribution in [0.4, 0.5) is 18.6 Å². The first kappa shape index (κ1) is 24.6. The van der Waals surface area contributed by atoms with Crippen molar-refractivity contribution in [3.63, 3.8) is 0 Å². The molecule has 0 saturated carbocycles. The predicted octanol–water partition coefficient (Wildman–Crippen LogP) is 3.16. The summed E-state index contributed by atoms with van der Waals surface area (Å²) in [4.78, 5) is 37.2.